The van der Waals surface area contributed by atoms with Crippen LogP contribution in [0.15, 0.2) is 41.3 Å². The van der Waals surface area contributed by atoms with Crippen LogP contribution in [0.25, 0.3) is 0 Å². The quantitative estimate of drug-likeness (QED) is 0.659. The zero-order valence-electron chi connectivity index (χ0n) is 10.2. The highest BCUT2D eigenvalue weighted by Crippen LogP contribution is 2.09. The number of nitrogens with zero attached hydrogens (tertiary/aromatic N) is 3. The Morgan fingerprint density at radius 2 is 2.16 bits per heavy atom. The maximum absolute atomic E-state index is 11.6. The second-order valence-corrected chi connectivity index (χ2v) is 3.87. The zero-order chi connectivity index (χ0) is 13.8. The summed E-state index contributed by atoms with van der Waals surface area (Å²) >= 11 is 0. The molecule has 0 aliphatic carbocycles. The Morgan fingerprint density at radius 1 is 1.37 bits per heavy atom. The van der Waals surface area contributed by atoms with Crippen molar-refractivity contribution in [2.75, 3.05) is 12.4 Å². The van der Waals surface area contributed by atoms with Gasteiger partial charge in [-0.15, -0.1) is 0 Å². The standard InChI is InChI=1S/C12H12N4O3/c1-13-11-4-2-3-9(14-11)7-15-8-10(16(18)19)5-6-12(15)17/h2-6,8H,7H2,1H3,(H,13,14). The molecule has 2 rings (SSSR count). The van der Waals surface area contributed by atoms with Crippen molar-refractivity contribution >= 4 is 11.5 Å². The summed E-state index contributed by atoms with van der Waals surface area (Å²) in [5.41, 5.74) is 0.223. The maximum atomic E-state index is 11.6. The molecule has 0 unspecified atom stereocenters. The average Bonchev–Trinajstić information content (AvgIpc) is 2.41. The first kappa shape index (κ1) is 12.7. The molecule has 0 aliphatic rings. The summed E-state index contributed by atoms with van der Waals surface area (Å²) in [5, 5.41) is 13.6. The van der Waals surface area contributed by atoms with Crippen LogP contribution in [0.3, 0.4) is 0 Å². The summed E-state index contributed by atoms with van der Waals surface area (Å²) in [6.45, 7) is 0.191. The number of nitrogens with one attached hydrogen (secondary N) is 1. The number of hydrogen-bond donors (Lipinski definition) is 1. The summed E-state index contributed by atoms with van der Waals surface area (Å²) in [5.74, 6) is 0.677. The van der Waals surface area contributed by atoms with E-state index in [1.54, 1.807) is 25.2 Å². The van der Waals surface area contributed by atoms with Crippen LogP contribution in [0.5, 0.6) is 0 Å². The van der Waals surface area contributed by atoms with Crippen molar-refractivity contribution in [3.63, 3.8) is 0 Å². The first-order valence-corrected chi connectivity index (χ1v) is 5.59. The van der Waals surface area contributed by atoms with Gasteiger partial charge in [0.25, 0.3) is 11.2 Å². The average molecular weight is 260 g/mol. The lowest BCUT2D eigenvalue weighted by molar-refractivity contribution is -0.385. The third-order valence-electron chi connectivity index (χ3n) is 2.57. The van der Waals surface area contributed by atoms with Gasteiger partial charge in [-0.2, -0.15) is 0 Å². The van der Waals surface area contributed by atoms with E-state index in [0.29, 0.717) is 11.5 Å². The number of aromatic nitrogens is 2. The van der Waals surface area contributed by atoms with Gasteiger partial charge in [0.1, 0.15) is 5.82 Å². The molecule has 1 N–H and O–H groups in total. The second kappa shape index (κ2) is 5.30. The summed E-state index contributed by atoms with van der Waals surface area (Å²) in [7, 11) is 1.74. The third-order valence-corrected chi connectivity index (χ3v) is 2.57. The molecule has 2 heterocycles. The molecule has 0 spiro atoms. The van der Waals surface area contributed by atoms with E-state index in [-0.39, 0.29) is 17.8 Å². The maximum Gasteiger partial charge on any atom is 0.285 e. The lowest BCUT2D eigenvalue weighted by atomic mass is 10.3. The van der Waals surface area contributed by atoms with Crippen molar-refractivity contribution in [1.82, 2.24) is 9.55 Å². The van der Waals surface area contributed by atoms with E-state index in [4.69, 9.17) is 0 Å². The number of nitro groups is 1. The fourth-order valence-corrected chi connectivity index (χ4v) is 1.63. The largest absolute Gasteiger partial charge is 0.373 e. The van der Waals surface area contributed by atoms with Crippen LogP contribution in [0.4, 0.5) is 11.5 Å². The van der Waals surface area contributed by atoms with E-state index < -0.39 is 4.92 Å². The smallest absolute Gasteiger partial charge is 0.285 e. The van der Waals surface area contributed by atoms with Crippen LogP contribution in [0.2, 0.25) is 0 Å². The molecule has 2 aromatic rings. The first-order chi connectivity index (χ1) is 9.10. The number of pyridine rings is 2. The van der Waals surface area contributed by atoms with Gasteiger partial charge in [0, 0.05) is 19.2 Å². The van der Waals surface area contributed by atoms with Crippen molar-refractivity contribution in [3.05, 3.63) is 62.7 Å². The molecule has 0 fully saturated rings. The topological polar surface area (TPSA) is 90.1 Å². The molecule has 0 saturated carbocycles. The minimum absolute atomic E-state index is 0.121. The molecule has 0 aliphatic heterocycles. The molecule has 0 bridgehead atoms. The Hall–Kier alpha value is -2.70. The minimum Gasteiger partial charge on any atom is -0.373 e. The molecular formula is C12H12N4O3. The SMILES string of the molecule is CNc1cccc(Cn2cc([N+](=O)[O-])ccc2=O)n1. The summed E-state index contributed by atoms with van der Waals surface area (Å²) in [4.78, 5) is 26.1. The molecule has 0 amide bonds. The van der Waals surface area contributed by atoms with Gasteiger partial charge in [-0.25, -0.2) is 4.98 Å². The van der Waals surface area contributed by atoms with Gasteiger partial charge >= 0.3 is 0 Å². The highest BCUT2D eigenvalue weighted by atomic mass is 16.6. The van der Waals surface area contributed by atoms with Crippen molar-refractivity contribution in [2.45, 2.75) is 6.54 Å². The molecule has 0 radical (unpaired) electrons. The van der Waals surface area contributed by atoms with Gasteiger partial charge in [-0.1, -0.05) is 6.07 Å². The summed E-state index contributed by atoms with van der Waals surface area (Å²) < 4.78 is 1.26. The van der Waals surface area contributed by atoms with Gasteiger partial charge in [-0.3, -0.25) is 14.9 Å². The second-order valence-electron chi connectivity index (χ2n) is 3.87. The molecule has 7 heteroatoms. The molecule has 19 heavy (non-hydrogen) atoms. The monoisotopic (exact) mass is 260 g/mol. The predicted octanol–water partition coefficient (Wildman–Crippen LogP) is 1.24. The van der Waals surface area contributed by atoms with E-state index in [1.807, 2.05) is 0 Å². The van der Waals surface area contributed by atoms with Crippen LogP contribution >= 0.6 is 0 Å². The molecule has 7 nitrogen and oxygen atoms in total. The molecule has 2 aromatic heterocycles. The fraction of sp³-hybridized carbons (Fsp3) is 0.167. The van der Waals surface area contributed by atoms with Crippen molar-refractivity contribution < 1.29 is 4.92 Å². The van der Waals surface area contributed by atoms with Crippen molar-refractivity contribution in [1.29, 1.82) is 0 Å². The molecule has 0 saturated heterocycles. The van der Waals surface area contributed by atoms with Crippen LogP contribution < -0.4 is 10.9 Å². The first-order valence-electron chi connectivity index (χ1n) is 5.59. The van der Waals surface area contributed by atoms with Crippen molar-refractivity contribution in [2.24, 2.45) is 0 Å². The fourth-order valence-electron chi connectivity index (χ4n) is 1.63. The highest BCUT2D eigenvalue weighted by molar-refractivity contribution is 5.34. The van der Waals surface area contributed by atoms with Crippen LogP contribution in [-0.2, 0) is 6.54 Å². The number of anilines is 1. The Balaban J connectivity index is 2.34. The summed E-state index contributed by atoms with van der Waals surface area (Å²) in [6, 6.07) is 7.72. The van der Waals surface area contributed by atoms with E-state index in [0.717, 1.165) is 0 Å². The van der Waals surface area contributed by atoms with E-state index >= 15 is 0 Å². The van der Waals surface area contributed by atoms with E-state index in [1.165, 1.54) is 22.9 Å². The predicted molar refractivity (Wildman–Crippen MR) is 70.2 cm³/mol. The lowest BCUT2D eigenvalue weighted by Crippen LogP contribution is -2.20. The minimum atomic E-state index is -0.534. The van der Waals surface area contributed by atoms with Crippen LogP contribution in [0, 0.1) is 10.1 Å². The van der Waals surface area contributed by atoms with Gasteiger partial charge in [-0.05, 0) is 12.1 Å². The molecule has 0 atom stereocenters. The molecular weight excluding hydrogens is 248 g/mol. The Morgan fingerprint density at radius 3 is 2.84 bits per heavy atom. The van der Waals surface area contributed by atoms with E-state index in [2.05, 4.69) is 10.3 Å². The molecule has 98 valence electrons. The Kier molecular flexibility index (Phi) is 3.56. The highest BCUT2D eigenvalue weighted by Gasteiger charge is 2.08. The number of rotatable bonds is 4. The normalized spacial score (nSPS) is 10.2. The van der Waals surface area contributed by atoms with Gasteiger partial charge in [0.05, 0.1) is 23.4 Å². The van der Waals surface area contributed by atoms with Gasteiger partial charge in [0.2, 0.25) is 0 Å². The third kappa shape index (κ3) is 2.95. The summed E-state index contributed by atoms with van der Waals surface area (Å²) in [6.07, 6.45) is 1.22. The van der Waals surface area contributed by atoms with E-state index in [9.17, 15) is 14.9 Å². The number of hydrogen-bond acceptors (Lipinski definition) is 5. The lowest BCUT2D eigenvalue weighted by Gasteiger charge is -2.06. The molecule has 0 aromatic carbocycles. The van der Waals surface area contributed by atoms with Crippen molar-refractivity contribution in [3.8, 4) is 0 Å². The van der Waals surface area contributed by atoms with Gasteiger partial charge < -0.3 is 9.88 Å². The Bertz CT molecular complexity index is 666. The Labute approximate surface area is 108 Å². The van der Waals surface area contributed by atoms with Crippen LogP contribution in [-0.4, -0.2) is 21.5 Å². The van der Waals surface area contributed by atoms with Gasteiger partial charge in [0.15, 0.2) is 0 Å². The van der Waals surface area contributed by atoms with Crippen LogP contribution in [0.1, 0.15) is 5.69 Å². The zero-order valence-corrected chi connectivity index (χ0v) is 10.2.